The molecule has 3 heterocycles. The van der Waals surface area contributed by atoms with Gasteiger partial charge in [-0.15, -0.1) is 0 Å². The second kappa shape index (κ2) is 7.35. The first kappa shape index (κ1) is 20.8. The number of H-pyrrole nitrogens is 1. The molecule has 2 aromatic carbocycles. The Morgan fingerprint density at radius 2 is 1.71 bits per heavy atom. The molecule has 1 fully saturated rings. The molecule has 0 bridgehead atoms. The highest BCUT2D eigenvalue weighted by molar-refractivity contribution is 6.02. The molecule has 0 radical (unpaired) electrons. The number of hydrogen-bond donors (Lipinski definition) is 3. The molecular weight excluding hydrogens is 424 g/mol. The van der Waals surface area contributed by atoms with Crippen LogP contribution < -0.4 is 5.73 Å². The normalized spacial score (nSPS) is 22.1. The predicted octanol–water partition coefficient (Wildman–Crippen LogP) is 4.39. The Morgan fingerprint density at radius 1 is 0.971 bits per heavy atom. The highest BCUT2D eigenvalue weighted by Crippen LogP contribution is 2.47. The Balaban J connectivity index is 1.54. The van der Waals surface area contributed by atoms with E-state index in [-0.39, 0.29) is 0 Å². The average Bonchev–Trinajstić information content (AvgIpc) is 3.45. The first-order chi connectivity index (χ1) is 16.3. The molecule has 4 N–H and O–H groups in total. The van der Waals surface area contributed by atoms with Gasteiger partial charge in [0.15, 0.2) is 5.82 Å². The SMILES string of the molecule is Cn1c(-c2ccccc2)c(-c2ccc(C3(N)CC(C)(O)C3)cc2)c2nc(-c3cn[nH]c3)ncc21. The van der Waals surface area contributed by atoms with Crippen LogP contribution in [-0.2, 0) is 12.6 Å². The van der Waals surface area contributed by atoms with Crippen molar-refractivity contribution in [1.29, 1.82) is 0 Å². The van der Waals surface area contributed by atoms with Crippen molar-refractivity contribution in [2.75, 3.05) is 0 Å². The Hall–Kier alpha value is -3.81. The van der Waals surface area contributed by atoms with Crippen molar-refractivity contribution in [2.45, 2.75) is 30.9 Å². The molecule has 1 aliphatic carbocycles. The van der Waals surface area contributed by atoms with Gasteiger partial charge in [-0.2, -0.15) is 5.10 Å². The topological polar surface area (TPSA) is 106 Å². The molecule has 7 heteroatoms. The van der Waals surface area contributed by atoms with E-state index in [2.05, 4.69) is 63.2 Å². The zero-order valence-electron chi connectivity index (χ0n) is 19.2. The van der Waals surface area contributed by atoms with Gasteiger partial charge in [0, 0.05) is 24.3 Å². The number of aryl methyl sites for hydroxylation is 1. The quantitative estimate of drug-likeness (QED) is 0.377. The molecule has 0 unspecified atom stereocenters. The largest absolute Gasteiger partial charge is 0.390 e. The van der Waals surface area contributed by atoms with Crippen molar-refractivity contribution in [3.8, 4) is 33.8 Å². The van der Waals surface area contributed by atoms with Crippen molar-refractivity contribution >= 4 is 11.0 Å². The molecular formula is C27H26N6O. The lowest BCUT2D eigenvalue weighted by molar-refractivity contribution is -0.0738. The van der Waals surface area contributed by atoms with Gasteiger partial charge in [-0.1, -0.05) is 54.6 Å². The van der Waals surface area contributed by atoms with Gasteiger partial charge in [-0.05, 0) is 36.5 Å². The van der Waals surface area contributed by atoms with Crippen LogP contribution in [0.3, 0.4) is 0 Å². The Labute approximate surface area is 197 Å². The molecule has 0 aliphatic heterocycles. The summed E-state index contributed by atoms with van der Waals surface area (Å²) in [5, 5.41) is 17.1. The van der Waals surface area contributed by atoms with E-state index in [4.69, 9.17) is 10.7 Å². The Kier molecular flexibility index (Phi) is 4.49. The van der Waals surface area contributed by atoms with Gasteiger partial charge in [-0.25, -0.2) is 9.97 Å². The van der Waals surface area contributed by atoms with E-state index < -0.39 is 11.1 Å². The minimum atomic E-state index is -0.691. The summed E-state index contributed by atoms with van der Waals surface area (Å²) in [6.45, 7) is 1.84. The van der Waals surface area contributed by atoms with Crippen LogP contribution >= 0.6 is 0 Å². The second-order valence-electron chi connectivity index (χ2n) is 9.65. The number of rotatable bonds is 4. The van der Waals surface area contributed by atoms with Gasteiger partial charge in [0.1, 0.15) is 5.52 Å². The van der Waals surface area contributed by atoms with E-state index in [1.165, 1.54) is 0 Å². The number of aromatic amines is 1. The maximum absolute atomic E-state index is 10.2. The summed E-state index contributed by atoms with van der Waals surface area (Å²) in [5.41, 5.74) is 13.4. The highest BCUT2D eigenvalue weighted by Gasteiger charge is 2.49. The first-order valence-electron chi connectivity index (χ1n) is 11.4. The third-order valence-electron chi connectivity index (χ3n) is 6.88. The molecule has 0 atom stereocenters. The molecule has 0 saturated heterocycles. The van der Waals surface area contributed by atoms with Crippen LogP contribution in [-0.4, -0.2) is 35.4 Å². The summed E-state index contributed by atoms with van der Waals surface area (Å²) in [6.07, 6.45) is 6.52. The van der Waals surface area contributed by atoms with Crippen molar-refractivity contribution in [3.63, 3.8) is 0 Å². The van der Waals surface area contributed by atoms with E-state index in [1.54, 1.807) is 12.4 Å². The van der Waals surface area contributed by atoms with Crippen molar-refractivity contribution < 1.29 is 5.11 Å². The standard InChI is InChI=1S/C27H26N6O/c1-26(34)15-27(28,16-26)20-10-8-17(9-11-20)22-23-21(14-29-25(32-23)19-12-30-31-13-19)33(2)24(22)18-6-4-3-5-7-18/h3-14,34H,15-16,28H2,1-2H3,(H,30,31). The molecule has 1 saturated carbocycles. The lowest BCUT2D eigenvalue weighted by Crippen LogP contribution is -2.58. The summed E-state index contributed by atoms with van der Waals surface area (Å²) >= 11 is 0. The average molecular weight is 451 g/mol. The molecule has 0 spiro atoms. The summed E-state index contributed by atoms with van der Waals surface area (Å²) in [5.74, 6) is 0.627. The van der Waals surface area contributed by atoms with Gasteiger partial charge in [0.05, 0.1) is 34.8 Å². The van der Waals surface area contributed by atoms with Crippen molar-refractivity contribution in [3.05, 3.63) is 78.8 Å². The summed E-state index contributed by atoms with van der Waals surface area (Å²) in [7, 11) is 2.05. The first-order valence-corrected chi connectivity index (χ1v) is 11.4. The lowest BCUT2D eigenvalue weighted by Gasteiger charge is -2.49. The lowest BCUT2D eigenvalue weighted by atomic mass is 9.63. The van der Waals surface area contributed by atoms with Gasteiger partial charge >= 0.3 is 0 Å². The molecule has 170 valence electrons. The number of benzene rings is 2. The summed E-state index contributed by atoms with van der Waals surface area (Å²) in [4.78, 5) is 9.57. The van der Waals surface area contributed by atoms with Crippen molar-refractivity contribution in [2.24, 2.45) is 12.8 Å². The third kappa shape index (κ3) is 3.24. The monoisotopic (exact) mass is 450 g/mol. The fraction of sp³-hybridized carbons (Fsp3) is 0.222. The molecule has 3 aromatic heterocycles. The fourth-order valence-electron chi connectivity index (χ4n) is 5.41. The molecule has 1 aliphatic rings. The number of fused-ring (bicyclic) bond motifs is 1. The number of nitrogens with zero attached hydrogens (tertiary/aromatic N) is 4. The van der Waals surface area contributed by atoms with Crippen LogP contribution in [0.25, 0.3) is 44.8 Å². The molecule has 6 rings (SSSR count). The van der Waals surface area contributed by atoms with Gasteiger partial charge < -0.3 is 15.4 Å². The number of aromatic nitrogens is 5. The van der Waals surface area contributed by atoms with Crippen LogP contribution in [0.4, 0.5) is 0 Å². The van der Waals surface area contributed by atoms with Crippen LogP contribution in [0.15, 0.2) is 73.2 Å². The minimum absolute atomic E-state index is 0.486. The van der Waals surface area contributed by atoms with Gasteiger partial charge in [0.2, 0.25) is 0 Å². The maximum Gasteiger partial charge on any atom is 0.163 e. The van der Waals surface area contributed by atoms with E-state index >= 15 is 0 Å². The predicted molar refractivity (Wildman–Crippen MR) is 133 cm³/mol. The maximum atomic E-state index is 10.2. The molecule has 0 amide bonds. The van der Waals surface area contributed by atoms with Crippen molar-refractivity contribution in [1.82, 2.24) is 24.7 Å². The summed E-state index contributed by atoms with van der Waals surface area (Å²) < 4.78 is 2.15. The van der Waals surface area contributed by atoms with Crippen LogP contribution in [0, 0.1) is 0 Å². The highest BCUT2D eigenvalue weighted by atomic mass is 16.3. The van der Waals surface area contributed by atoms with E-state index in [0.717, 1.165) is 44.5 Å². The zero-order valence-corrected chi connectivity index (χ0v) is 19.2. The van der Waals surface area contributed by atoms with Crippen LogP contribution in [0.5, 0.6) is 0 Å². The zero-order chi connectivity index (χ0) is 23.5. The van der Waals surface area contributed by atoms with E-state index in [9.17, 15) is 5.11 Å². The molecule has 34 heavy (non-hydrogen) atoms. The number of hydrogen-bond acceptors (Lipinski definition) is 5. The molecule has 5 aromatic rings. The fourth-order valence-corrected chi connectivity index (χ4v) is 5.41. The number of nitrogens with two attached hydrogens (primary N) is 1. The minimum Gasteiger partial charge on any atom is -0.390 e. The van der Waals surface area contributed by atoms with E-state index in [0.29, 0.717) is 18.7 Å². The number of aliphatic hydroxyl groups is 1. The smallest absolute Gasteiger partial charge is 0.163 e. The third-order valence-corrected chi connectivity index (χ3v) is 6.88. The van der Waals surface area contributed by atoms with Gasteiger partial charge in [-0.3, -0.25) is 5.10 Å². The van der Waals surface area contributed by atoms with Crippen LogP contribution in [0.1, 0.15) is 25.3 Å². The van der Waals surface area contributed by atoms with Crippen LogP contribution in [0.2, 0.25) is 0 Å². The number of nitrogens with one attached hydrogen (secondary N) is 1. The second-order valence-corrected chi connectivity index (χ2v) is 9.65. The van der Waals surface area contributed by atoms with Gasteiger partial charge in [0.25, 0.3) is 0 Å². The summed E-state index contributed by atoms with van der Waals surface area (Å²) in [6, 6.07) is 18.7. The Morgan fingerprint density at radius 3 is 2.35 bits per heavy atom. The molecule has 7 nitrogen and oxygen atoms in total. The van der Waals surface area contributed by atoms with E-state index in [1.807, 2.05) is 31.3 Å². The Bertz CT molecular complexity index is 1480.